The summed E-state index contributed by atoms with van der Waals surface area (Å²) in [5, 5.41) is 1.32. The molecule has 190 valence electrons. The first-order valence-corrected chi connectivity index (χ1v) is 13.0. The Morgan fingerprint density at radius 3 is 1.16 bits per heavy atom. The number of hydrogen-bond donors (Lipinski definition) is 0. The second-order valence-electron chi connectivity index (χ2n) is 9.39. The number of halogens is 2. The van der Waals surface area contributed by atoms with E-state index in [0.29, 0.717) is 21.2 Å². The van der Waals surface area contributed by atoms with Gasteiger partial charge in [0, 0.05) is 67.5 Å². The number of Topliss-reactive ketones (excluding diaryl/α,β-unsaturated/α-hetero) is 2. The highest BCUT2D eigenvalue weighted by Gasteiger charge is 2.21. The molecule has 0 saturated carbocycles. The van der Waals surface area contributed by atoms with Gasteiger partial charge in [-0.2, -0.15) is 0 Å². The molecule has 38 heavy (non-hydrogen) atoms. The second kappa shape index (κ2) is 10.1. The Balaban J connectivity index is 1.59. The fourth-order valence-electron chi connectivity index (χ4n) is 5.11. The van der Waals surface area contributed by atoms with Crippen LogP contribution in [-0.4, -0.2) is 20.7 Å². The largest absolute Gasteiger partial charge is 0.320 e. The molecule has 0 unspecified atom stereocenters. The molecule has 0 fully saturated rings. The van der Waals surface area contributed by atoms with Crippen LogP contribution in [-0.2, 0) is 0 Å². The van der Waals surface area contributed by atoms with Crippen LogP contribution in [0.5, 0.6) is 0 Å². The maximum atomic E-state index is 12.7. The first-order valence-electron chi connectivity index (χ1n) is 12.2. The third kappa shape index (κ3) is 4.62. The van der Waals surface area contributed by atoms with Crippen molar-refractivity contribution in [3.8, 4) is 33.6 Å². The number of carbonyl (C=O) groups excluding carboxylic acids is 2. The van der Waals surface area contributed by atoms with Crippen molar-refractivity contribution in [3.63, 3.8) is 0 Å². The van der Waals surface area contributed by atoms with E-state index in [1.54, 1.807) is 13.8 Å². The van der Waals surface area contributed by atoms with Crippen LogP contribution < -0.4 is 0 Å². The van der Waals surface area contributed by atoms with Crippen molar-refractivity contribution in [1.82, 2.24) is 9.13 Å². The third-order valence-corrected chi connectivity index (χ3v) is 7.43. The van der Waals surface area contributed by atoms with Crippen molar-refractivity contribution < 1.29 is 9.59 Å². The van der Waals surface area contributed by atoms with E-state index in [-0.39, 0.29) is 11.6 Å². The minimum absolute atomic E-state index is 0.00354. The smallest absolute Gasteiger partial charge is 0.162 e. The van der Waals surface area contributed by atoms with Crippen molar-refractivity contribution in [2.24, 2.45) is 0 Å². The van der Waals surface area contributed by atoms with E-state index >= 15 is 0 Å². The van der Waals surface area contributed by atoms with Gasteiger partial charge in [-0.05, 0) is 87.4 Å². The molecule has 5 rings (SSSR count). The fraction of sp³-hybridized carbons (Fsp3) is 0.125. The Hall–Kier alpha value is -3.86. The quantitative estimate of drug-likeness (QED) is 0.202. The zero-order valence-electron chi connectivity index (χ0n) is 21.5. The standard InChI is InChI=1S/C32H26Cl2N2O2/c1-19-31(21(3)37)29(17-35(19)27-13-9-25(33)10-14-27)23-5-7-24(8-6-23)30-18-36(20(2)32(30)22(4)38)28-15-11-26(34)12-16-28/h5-18H,1-4H3. The number of ketones is 2. The van der Waals surface area contributed by atoms with E-state index in [1.807, 2.05) is 108 Å². The van der Waals surface area contributed by atoms with Crippen molar-refractivity contribution in [2.75, 3.05) is 0 Å². The molecule has 0 N–H and O–H groups in total. The van der Waals surface area contributed by atoms with Crippen LogP contribution in [0.3, 0.4) is 0 Å². The SMILES string of the molecule is CC(=O)c1c(-c2ccc(-c3cn(-c4ccc(Cl)cc4)c(C)c3C(C)=O)cc2)cn(-c2ccc(Cl)cc2)c1C. The molecule has 6 heteroatoms. The number of rotatable bonds is 6. The molecule has 0 aliphatic rings. The van der Waals surface area contributed by atoms with Crippen molar-refractivity contribution >= 4 is 34.8 Å². The average molecular weight is 541 g/mol. The summed E-state index contributed by atoms with van der Waals surface area (Å²) in [5.74, 6) is 0.00708. The van der Waals surface area contributed by atoms with Gasteiger partial charge in [0.15, 0.2) is 11.6 Å². The van der Waals surface area contributed by atoms with Gasteiger partial charge in [0.1, 0.15) is 0 Å². The number of carbonyl (C=O) groups is 2. The average Bonchev–Trinajstić information content (AvgIpc) is 3.42. The highest BCUT2D eigenvalue weighted by molar-refractivity contribution is 6.30. The predicted octanol–water partition coefficient (Wildman–Crippen LogP) is 8.93. The molecule has 0 saturated heterocycles. The Bertz CT molecular complexity index is 1550. The molecule has 0 amide bonds. The van der Waals surface area contributed by atoms with Gasteiger partial charge in [-0.15, -0.1) is 0 Å². The summed E-state index contributed by atoms with van der Waals surface area (Å²) in [7, 11) is 0. The molecule has 3 aromatic carbocycles. The van der Waals surface area contributed by atoms with Crippen LogP contribution in [0, 0.1) is 13.8 Å². The first-order chi connectivity index (χ1) is 18.2. The molecule has 0 aliphatic heterocycles. The van der Waals surface area contributed by atoms with E-state index in [9.17, 15) is 9.59 Å². The molecule has 0 aliphatic carbocycles. The molecule has 2 heterocycles. The molecule has 0 bridgehead atoms. The Labute approximate surface area is 232 Å². The summed E-state index contributed by atoms with van der Waals surface area (Å²) >= 11 is 12.2. The van der Waals surface area contributed by atoms with E-state index in [0.717, 1.165) is 45.0 Å². The third-order valence-electron chi connectivity index (χ3n) is 6.92. The first kappa shape index (κ1) is 25.8. The van der Waals surface area contributed by atoms with Crippen molar-refractivity contribution in [1.29, 1.82) is 0 Å². The van der Waals surface area contributed by atoms with E-state index in [4.69, 9.17) is 23.2 Å². The summed E-state index contributed by atoms with van der Waals surface area (Å²) in [6, 6.07) is 23.1. The molecular formula is C32H26Cl2N2O2. The van der Waals surface area contributed by atoms with Gasteiger partial charge in [0.25, 0.3) is 0 Å². The topological polar surface area (TPSA) is 44.0 Å². The maximum Gasteiger partial charge on any atom is 0.162 e. The minimum atomic E-state index is 0.00354. The van der Waals surface area contributed by atoms with Gasteiger partial charge in [-0.25, -0.2) is 0 Å². The molecule has 5 aromatic rings. The normalized spacial score (nSPS) is 11.1. The monoisotopic (exact) mass is 540 g/mol. The lowest BCUT2D eigenvalue weighted by Crippen LogP contribution is -2.00. The zero-order valence-corrected chi connectivity index (χ0v) is 23.1. The van der Waals surface area contributed by atoms with Crippen LogP contribution in [0.4, 0.5) is 0 Å². The van der Waals surface area contributed by atoms with Crippen LogP contribution in [0.15, 0.2) is 85.2 Å². The Kier molecular flexibility index (Phi) is 6.87. The van der Waals surface area contributed by atoms with Gasteiger partial charge in [-0.3, -0.25) is 9.59 Å². The van der Waals surface area contributed by atoms with Crippen molar-refractivity contribution in [3.05, 3.63) is 118 Å². The summed E-state index contributed by atoms with van der Waals surface area (Å²) in [5.41, 5.74) is 8.53. The summed E-state index contributed by atoms with van der Waals surface area (Å²) < 4.78 is 4.03. The van der Waals surface area contributed by atoms with Crippen LogP contribution >= 0.6 is 23.2 Å². The highest BCUT2D eigenvalue weighted by atomic mass is 35.5. The zero-order chi connectivity index (χ0) is 27.1. The second-order valence-corrected chi connectivity index (χ2v) is 10.3. The minimum Gasteiger partial charge on any atom is -0.320 e. The lowest BCUT2D eigenvalue weighted by atomic mass is 9.96. The van der Waals surface area contributed by atoms with Gasteiger partial charge in [-0.1, -0.05) is 47.5 Å². The van der Waals surface area contributed by atoms with Crippen LogP contribution in [0.2, 0.25) is 10.0 Å². The molecule has 0 radical (unpaired) electrons. The van der Waals surface area contributed by atoms with Gasteiger partial charge >= 0.3 is 0 Å². The lowest BCUT2D eigenvalue weighted by molar-refractivity contribution is 0.100. The maximum absolute atomic E-state index is 12.7. The van der Waals surface area contributed by atoms with Crippen LogP contribution in [0.1, 0.15) is 46.0 Å². The number of nitrogens with zero attached hydrogens (tertiary/aromatic N) is 2. The summed E-state index contributed by atoms with van der Waals surface area (Å²) in [6.45, 7) is 7.08. The highest BCUT2D eigenvalue weighted by Crippen LogP contribution is 2.35. The number of aromatic nitrogens is 2. The number of benzene rings is 3. The molecule has 0 spiro atoms. The van der Waals surface area contributed by atoms with E-state index in [2.05, 4.69) is 0 Å². The van der Waals surface area contributed by atoms with E-state index < -0.39 is 0 Å². The predicted molar refractivity (Wildman–Crippen MR) is 155 cm³/mol. The van der Waals surface area contributed by atoms with Gasteiger partial charge in [0.2, 0.25) is 0 Å². The molecule has 2 aromatic heterocycles. The van der Waals surface area contributed by atoms with Crippen LogP contribution in [0.25, 0.3) is 33.6 Å². The molecular weight excluding hydrogens is 515 g/mol. The summed E-state index contributed by atoms with van der Waals surface area (Å²) in [6.07, 6.45) is 3.99. The molecule has 0 atom stereocenters. The Morgan fingerprint density at radius 2 is 0.868 bits per heavy atom. The molecule has 4 nitrogen and oxygen atoms in total. The van der Waals surface area contributed by atoms with Gasteiger partial charge < -0.3 is 9.13 Å². The summed E-state index contributed by atoms with van der Waals surface area (Å²) in [4.78, 5) is 25.4. The lowest BCUT2D eigenvalue weighted by Gasteiger charge is -2.06. The fourth-order valence-corrected chi connectivity index (χ4v) is 5.36. The van der Waals surface area contributed by atoms with Crippen molar-refractivity contribution in [2.45, 2.75) is 27.7 Å². The van der Waals surface area contributed by atoms with Gasteiger partial charge in [0.05, 0.1) is 0 Å². The van der Waals surface area contributed by atoms with E-state index in [1.165, 1.54) is 0 Å². The Morgan fingerprint density at radius 1 is 0.553 bits per heavy atom. The number of hydrogen-bond acceptors (Lipinski definition) is 2.